The number of cyclic esters (lactones) is 1. The summed E-state index contributed by atoms with van der Waals surface area (Å²) in [6, 6.07) is 27.1. The first kappa shape index (κ1) is 19.2. The van der Waals surface area contributed by atoms with Crippen molar-refractivity contribution in [1.29, 1.82) is 0 Å². The first-order valence-corrected chi connectivity index (χ1v) is 10.5. The molecular formula is C25H16BrN3O2. The highest BCUT2D eigenvalue weighted by molar-refractivity contribution is 9.10. The number of halogens is 1. The molecule has 0 saturated carbocycles. The van der Waals surface area contributed by atoms with Crippen LogP contribution in [0.25, 0.3) is 23.0 Å². The van der Waals surface area contributed by atoms with Crippen molar-refractivity contribution in [3.63, 3.8) is 0 Å². The smallest absolute Gasteiger partial charge is 0.363 e. The van der Waals surface area contributed by atoms with E-state index in [4.69, 9.17) is 9.84 Å². The Labute approximate surface area is 187 Å². The second-order valence-electron chi connectivity index (χ2n) is 6.92. The van der Waals surface area contributed by atoms with Crippen molar-refractivity contribution in [1.82, 2.24) is 9.78 Å². The van der Waals surface area contributed by atoms with E-state index in [1.54, 1.807) is 10.8 Å². The number of carbonyl (C=O) groups excluding carboxylic acids is 1. The molecular weight excluding hydrogens is 454 g/mol. The number of aliphatic imine (C=N–C) groups is 1. The molecule has 0 amide bonds. The Kier molecular flexibility index (Phi) is 5.06. The van der Waals surface area contributed by atoms with Crippen LogP contribution in [0.2, 0.25) is 0 Å². The van der Waals surface area contributed by atoms with Crippen molar-refractivity contribution in [2.24, 2.45) is 4.99 Å². The molecule has 1 aromatic heterocycles. The normalized spacial score (nSPS) is 14.5. The van der Waals surface area contributed by atoms with Gasteiger partial charge in [0.1, 0.15) is 5.69 Å². The van der Waals surface area contributed by atoms with Crippen LogP contribution in [0.4, 0.5) is 0 Å². The van der Waals surface area contributed by atoms with Crippen LogP contribution in [-0.2, 0) is 9.53 Å². The van der Waals surface area contributed by atoms with Crippen LogP contribution in [0, 0.1) is 0 Å². The summed E-state index contributed by atoms with van der Waals surface area (Å²) in [6.45, 7) is 0. The standard InChI is InChI=1S/C25H16BrN3O2/c26-20-13-11-18(12-14-20)24-27-22(25(30)31-24)15-19-16-29(21-9-5-2-6-10-21)28-23(19)17-7-3-1-4-8-17/h1-16H/b22-15-. The minimum Gasteiger partial charge on any atom is -0.402 e. The maximum Gasteiger partial charge on any atom is 0.363 e. The lowest BCUT2D eigenvalue weighted by Gasteiger charge is -2.00. The molecule has 5 nitrogen and oxygen atoms in total. The summed E-state index contributed by atoms with van der Waals surface area (Å²) in [7, 11) is 0. The van der Waals surface area contributed by atoms with Gasteiger partial charge in [0.2, 0.25) is 5.90 Å². The second-order valence-corrected chi connectivity index (χ2v) is 7.84. The Morgan fingerprint density at radius 3 is 2.23 bits per heavy atom. The summed E-state index contributed by atoms with van der Waals surface area (Å²) >= 11 is 3.41. The van der Waals surface area contributed by atoms with Crippen LogP contribution in [0.5, 0.6) is 0 Å². The minimum atomic E-state index is -0.482. The fourth-order valence-electron chi connectivity index (χ4n) is 3.30. The van der Waals surface area contributed by atoms with E-state index >= 15 is 0 Å². The van der Waals surface area contributed by atoms with Crippen LogP contribution < -0.4 is 0 Å². The van der Waals surface area contributed by atoms with Gasteiger partial charge in [0.15, 0.2) is 5.70 Å². The predicted molar refractivity (Wildman–Crippen MR) is 124 cm³/mol. The summed E-state index contributed by atoms with van der Waals surface area (Å²) in [4.78, 5) is 16.9. The van der Waals surface area contributed by atoms with Crippen LogP contribution in [-0.4, -0.2) is 21.6 Å². The van der Waals surface area contributed by atoms with E-state index in [1.165, 1.54) is 0 Å². The summed E-state index contributed by atoms with van der Waals surface area (Å²) in [5.41, 5.74) is 4.40. The van der Waals surface area contributed by atoms with Crippen molar-refractivity contribution in [2.45, 2.75) is 0 Å². The Bertz CT molecular complexity index is 1310. The Morgan fingerprint density at radius 1 is 0.839 bits per heavy atom. The van der Waals surface area contributed by atoms with Gasteiger partial charge in [-0.25, -0.2) is 14.5 Å². The quantitative estimate of drug-likeness (QED) is 0.286. The largest absolute Gasteiger partial charge is 0.402 e. The molecule has 0 aliphatic carbocycles. The second kappa shape index (κ2) is 8.16. The maximum absolute atomic E-state index is 12.5. The molecule has 0 unspecified atom stereocenters. The first-order chi connectivity index (χ1) is 15.2. The zero-order valence-electron chi connectivity index (χ0n) is 16.3. The number of ether oxygens (including phenoxy) is 1. The molecule has 31 heavy (non-hydrogen) atoms. The van der Waals surface area contributed by atoms with Gasteiger partial charge in [-0.05, 0) is 42.5 Å². The number of aromatic nitrogens is 2. The molecule has 0 atom stereocenters. The highest BCUT2D eigenvalue weighted by Crippen LogP contribution is 2.28. The third-order valence-electron chi connectivity index (χ3n) is 4.81. The van der Waals surface area contributed by atoms with E-state index in [1.807, 2.05) is 91.1 Å². The van der Waals surface area contributed by atoms with Gasteiger partial charge < -0.3 is 4.74 Å². The third kappa shape index (κ3) is 3.98. The summed E-state index contributed by atoms with van der Waals surface area (Å²) in [5.74, 6) is -0.190. The lowest BCUT2D eigenvalue weighted by molar-refractivity contribution is -0.129. The van der Waals surface area contributed by atoms with Crippen LogP contribution in [0.15, 0.2) is 106 Å². The molecule has 3 aromatic carbocycles. The van der Waals surface area contributed by atoms with E-state index in [-0.39, 0.29) is 5.70 Å². The molecule has 0 radical (unpaired) electrons. The fourth-order valence-corrected chi connectivity index (χ4v) is 3.56. The Morgan fingerprint density at radius 2 is 1.52 bits per heavy atom. The molecule has 2 heterocycles. The number of rotatable bonds is 4. The topological polar surface area (TPSA) is 56.5 Å². The summed E-state index contributed by atoms with van der Waals surface area (Å²) in [6.07, 6.45) is 3.62. The van der Waals surface area contributed by atoms with Gasteiger partial charge in [-0.2, -0.15) is 5.10 Å². The van der Waals surface area contributed by atoms with Gasteiger partial charge >= 0.3 is 5.97 Å². The number of esters is 1. The first-order valence-electron chi connectivity index (χ1n) is 9.66. The number of hydrogen-bond acceptors (Lipinski definition) is 4. The van der Waals surface area contributed by atoms with E-state index in [2.05, 4.69) is 20.9 Å². The minimum absolute atomic E-state index is 0.239. The molecule has 4 aromatic rings. The van der Waals surface area contributed by atoms with Crippen molar-refractivity contribution >= 4 is 33.9 Å². The predicted octanol–water partition coefficient (Wildman–Crippen LogP) is 5.65. The molecule has 0 spiro atoms. The molecule has 1 aliphatic heterocycles. The monoisotopic (exact) mass is 469 g/mol. The van der Waals surface area contributed by atoms with E-state index in [0.29, 0.717) is 5.90 Å². The van der Waals surface area contributed by atoms with Crippen molar-refractivity contribution in [2.75, 3.05) is 0 Å². The molecule has 150 valence electrons. The molecule has 0 fully saturated rings. The van der Waals surface area contributed by atoms with Crippen molar-refractivity contribution in [3.05, 3.63) is 112 Å². The van der Waals surface area contributed by atoms with Gasteiger partial charge in [0.25, 0.3) is 0 Å². The summed E-state index contributed by atoms with van der Waals surface area (Å²) < 4.78 is 8.15. The van der Waals surface area contributed by atoms with Gasteiger partial charge in [-0.15, -0.1) is 0 Å². The zero-order valence-corrected chi connectivity index (χ0v) is 17.9. The van der Waals surface area contributed by atoms with Gasteiger partial charge in [0, 0.05) is 27.4 Å². The van der Waals surface area contributed by atoms with Gasteiger partial charge in [-0.1, -0.05) is 64.5 Å². The van der Waals surface area contributed by atoms with Crippen molar-refractivity contribution < 1.29 is 9.53 Å². The highest BCUT2D eigenvalue weighted by atomic mass is 79.9. The number of benzene rings is 3. The molecule has 6 heteroatoms. The van der Waals surface area contributed by atoms with E-state index in [9.17, 15) is 4.79 Å². The molecule has 5 rings (SSSR count). The van der Waals surface area contributed by atoms with E-state index in [0.717, 1.165) is 32.5 Å². The number of carbonyl (C=O) groups is 1. The van der Waals surface area contributed by atoms with Crippen LogP contribution in [0.1, 0.15) is 11.1 Å². The van der Waals surface area contributed by atoms with Crippen LogP contribution >= 0.6 is 15.9 Å². The summed E-state index contributed by atoms with van der Waals surface area (Å²) in [5, 5.41) is 4.77. The van der Waals surface area contributed by atoms with Gasteiger partial charge in [0.05, 0.1) is 5.69 Å². The Hall–Kier alpha value is -3.77. The maximum atomic E-state index is 12.5. The fraction of sp³-hybridized carbons (Fsp3) is 0. The van der Waals surface area contributed by atoms with Gasteiger partial charge in [-0.3, -0.25) is 0 Å². The van der Waals surface area contributed by atoms with Crippen LogP contribution in [0.3, 0.4) is 0 Å². The third-order valence-corrected chi connectivity index (χ3v) is 5.34. The number of hydrogen-bond donors (Lipinski definition) is 0. The molecule has 0 saturated heterocycles. The Balaban J connectivity index is 1.59. The molecule has 1 aliphatic rings. The SMILES string of the molecule is O=C1OC(c2ccc(Br)cc2)=N/C1=C\c1cn(-c2ccccc2)nc1-c1ccccc1. The highest BCUT2D eigenvalue weighted by Gasteiger charge is 2.25. The zero-order chi connectivity index (χ0) is 21.2. The van der Waals surface area contributed by atoms with Crippen molar-refractivity contribution in [3.8, 4) is 16.9 Å². The lowest BCUT2D eigenvalue weighted by Crippen LogP contribution is -2.05. The molecule has 0 N–H and O–H groups in total. The average Bonchev–Trinajstić information content (AvgIpc) is 3.40. The average molecular weight is 470 g/mol. The lowest BCUT2D eigenvalue weighted by atomic mass is 10.1. The number of para-hydroxylation sites is 1. The van der Waals surface area contributed by atoms with E-state index < -0.39 is 5.97 Å². The number of nitrogens with zero attached hydrogens (tertiary/aromatic N) is 3. The molecule has 0 bridgehead atoms.